The van der Waals surface area contributed by atoms with E-state index in [2.05, 4.69) is 37.3 Å². The third-order valence-corrected chi connectivity index (χ3v) is 5.21. The van der Waals surface area contributed by atoms with Crippen molar-refractivity contribution in [2.75, 3.05) is 0 Å². The molecule has 0 saturated carbocycles. The summed E-state index contributed by atoms with van der Waals surface area (Å²) >= 11 is 0.175. The Morgan fingerprint density at radius 3 is 2.36 bits per heavy atom. The molecule has 0 N–H and O–H groups in total. The average Bonchev–Trinajstić information content (AvgIpc) is 2.25. The molecule has 1 atom stereocenters. The van der Waals surface area contributed by atoms with Gasteiger partial charge in [0.15, 0.2) is 0 Å². The number of rotatable bonds is 7. The molecule has 0 heterocycles. The maximum absolute atomic E-state index is 2.28. The first kappa shape index (κ1) is 11.9. The first-order chi connectivity index (χ1) is 6.93. The van der Waals surface area contributed by atoms with E-state index < -0.39 is 0 Å². The Bertz CT molecular complexity index is 218. The molecule has 0 aliphatic rings. The molecule has 0 amide bonds. The van der Waals surface area contributed by atoms with Crippen LogP contribution in [0.1, 0.15) is 39.0 Å². The van der Waals surface area contributed by atoms with E-state index in [0.717, 1.165) is 0 Å². The Morgan fingerprint density at radius 1 is 0.929 bits per heavy atom. The minimum absolute atomic E-state index is 0.175. The van der Waals surface area contributed by atoms with Gasteiger partial charge in [-0.25, -0.2) is 0 Å². The van der Waals surface area contributed by atoms with Crippen LogP contribution in [0.4, 0.5) is 0 Å². The van der Waals surface area contributed by atoms with Gasteiger partial charge < -0.3 is 0 Å². The third-order valence-electron chi connectivity index (χ3n) is 2.38. The number of hydrogen-bond donors (Lipinski definition) is 0. The van der Waals surface area contributed by atoms with Crippen LogP contribution in [0.5, 0.6) is 0 Å². The summed E-state index contributed by atoms with van der Waals surface area (Å²) in [6.45, 7) is 2.28. The van der Waals surface area contributed by atoms with E-state index in [1.807, 2.05) is 0 Å². The Labute approximate surface area is 94.8 Å². The van der Waals surface area contributed by atoms with E-state index in [-0.39, 0.29) is 15.8 Å². The van der Waals surface area contributed by atoms with E-state index in [0.29, 0.717) is 0 Å². The summed E-state index contributed by atoms with van der Waals surface area (Å²) in [4.78, 5) is 0. The molecule has 14 heavy (non-hydrogen) atoms. The molecule has 0 radical (unpaired) electrons. The monoisotopic (exact) mass is 252 g/mol. The molecule has 0 saturated heterocycles. The maximum atomic E-state index is 2.28. The van der Waals surface area contributed by atoms with Crippen LogP contribution < -0.4 is 4.35 Å². The second-order valence-corrected chi connectivity index (χ2v) is 6.71. The van der Waals surface area contributed by atoms with E-state index in [1.165, 1.54) is 37.3 Å². The first-order valence-corrected chi connectivity index (χ1v) is 8.25. The Balaban J connectivity index is 1.99. The molecular weight excluding hydrogens is 231 g/mol. The van der Waals surface area contributed by atoms with Crippen molar-refractivity contribution in [3.63, 3.8) is 0 Å². The summed E-state index contributed by atoms with van der Waals surface area (Å²) < 4.78 is 1.61. The fourth-order valence-electron chi connectivity index (χ4n) is 1.52. The molecule has 0 bridgehead atoms. The predicted octanol–water partition coefficient (Wildman–Crippen LogP) is 3.14. The summed E-state index contributed by atoms with van der Waals surface area (Å²) in [7, 11) is 0. The quantitative estimate of drug-likeness (QED) is 0.516. The van der Waals surface area contributed by atoms with Gasteiger partial charge in [-0.15, -0.1) is 0 Å². The van der Waals surface area contributed by atoms with Crippen molar-refractivity contribution in [2.24, 2.45) is 0 Å². The summed E-state index contributed by atoms with van der Waals surface area (Å²) in [5.41, 5.74) is 0. The van der Waals surface area contributed by atoms with E-state index in [9.17, 15) is 0 Å². The first-order valence-electron chi connectivity index (χ1n) is 5.72. The molecule has 78 valence electrons. The summed E-state index contributed by atoms with van der Waals surface area (Å²) in [6.07, 6.45) is 7.12. The molecular formula is C13H21As. The topological polar surface area (TPSA) is 0 Å². The van der Waals surface area contributed by atoms with Gasteiger partial charge in [0.25, 0.3) is 0 Å². The van der Waals surface area contributed by atoms with Crippen LogP contribution in [0, 0.1) is 0 Å². The standard InChI is InChI=1S/C13H21As/c1-2-3-4-5-9-12-14-13-10-7-6-8-11-13/h6-8,10-11,14H,2-5,9,12H2,1H3. The van der Waals surface area contributed by atoms with Gasteiger partial charge >= 0.3 is 94.7 Å². The number of hydrogen-bond acceptors (Lipinski definition) is 0. The number of benzene rings is 1. The zero-order valence-corrected chi connectivity index (χ0v) is 11.2. The van der Waals surface area contributed by atoms with Gasteiger partial charge in [0.05, 0.1) is 0 Å². The van der Waals surface area contributed by atoms with Crippen molar-refractivity contribution < 1.29 is 0 Å². The zero-order valence-electron chi connectivity index (χ0n) is 9.13. The second kappa shape index (κ2) is 8.12. The van der Waals surface area contributed by atoms with Crippen LogP contribution in [0.3, 0.4) is 0 Å². The Morgan fingerprint density at radius 2 is 1.64 bits per heavy atom. The third kappa shape index (κ3) is 5.50. The van der Waals surface area contributed by atoms with Crippen LogP contribution in [-0.4, -0.2) is 15.8 Å². The van der Waals surface area contributed by atoms with Gasteiger partial charge in [0, 0.05) is 0 Å². The van der Waals surface area contributed by atoms with Crippen molar-refractivity contribution >= 4 is 20.1 Å². The molecule has 1 unspecified atom stereocenters. The molecule has 0 nitrogen and oxygen atoms in total. The van der Waals surface area contributed by atoms with Gasteiger partial charge in [-0.05, 0) is 0 Å². The van der Waals surface area contributed by atoms with Crippen LogP contribution in [0.25, 0.3) is 0 Å². The summed E-state index contributed by atoms with van der Waals surface area (Å²) in [5.74, 6) is 0. The summed E-state index contributed by atoms with van der Waals surface area (Å²) in [6, 6.07) is 11.0. The van der Waals surface area contributed by atoms with Crippen LogP contribution in [0.15, 0.2) is 30.3 Å². The van der Waals surface area contributed by atoms with Crippen LogP contribution in [0.2, 0.25) is 5.21 Å². The van der Waals surface area contributed by atoms with Crippen molar-refractivity contribution in [3.8, 4) is 0 Å². The molecule has 1 rings (SSSR count). The van der Waals surface area contributed by atoms with Crippen molar-refractivity contribution in [1.29, 1.82) is 0 Å². The van der Waals surface area contributed by atoms with E-state index >= 15 is 0 Å². The minimum atomic E-state index is 0.175. The average molecular weight is 252 g/mol. The van der Waals surface area contributed by atoms with Gasteiger partial charge in [-0.2, -0.15) is 0 Å². The normalized spacial score (nSPS) is 11.2. The molecule has 1 aromatic rings. The number of unbranched alkanes of at least 4 members (excludes halogenated alkanes) is 4. The fraction of sp³-hybridized carbons (Fsp3) is 0.538. The SMILES string of the molecule is CCCCCCC[AsH]c1ccccc1. The molecule has 0 aliphatic carbocycles. The van der Waals surface area contributed by atoms with Crippen molar-refractivity contribution in [1.82, 2.24) is 0 Å². The van der Waals surface area contributed by atoms with Crippen molar-refractivity contribution in [2.45, 2.75) is 44.2 Å². The van der Waals surface area contributed by atoms with Crippen LogP contribution in [-0.2, 0) is 0 Å². The van der Waals surface area contributed by atoms with E-state index in [4.69, 9.17) is 0 Å². The molecule has 0 aliphatic heterocycles. The van der Waals surface area contributed by atoms with Crippen LogP contribution >= 0.6 is 0 Å². The molecule has 1 heteroatoms. The summed E-state index contributed by atoms with van der Waals surface area (Å²) in [5, 5.41) is 1.48. The zero-order chi connectivity index (χ0) is 10.1. The van der Waals surface area contributed by atoms with Gasteiger partial charge in [-0.1, -0.05) is 0 Å². The van der Waals surface area contributed by atoms with Crippen molar-refractivity contribution in [3.05, 3.63) is 30.3 Å². The molecule has 0 fully saturated rings. The predicted molar refractivity (Wildman–Crippen MR) is 66.8 cm³/mol. The molecule has 0 spiro atoms. The van der Waals surface area contributed by atoms with Gasteiger partial charge in [0.1, 0.15) is 0 Å². The Kier molecular flexibility index (Phi) is 6.87. The second-order valence-electron chi connectivity index (χ2n) is 3.71. The molecule has 1 aromatic carbocycles. The van der Waals surface area contributed by atoms with Gasteiger partial charge in [-0.3, -0.25) is 0 Å². The molecule has 0 aromatic heterocycles. The fourth-order valence-corrected chi connectivity index (χ4v) is 3.92. The van der Waals surface area contributed by atoms with E-state index in [1.54, 1.807) is 4.35 Å². The Hall–Kier alpha value is -0.222. The van der Waals surface area contributed by atoms with Gasteiger partial charge in [0.2, 0.25) is 0 Å².